The van der Waals surface area contributed by atoms with Crippen molar-refractivity contribution in [1.82, 2.24) is 20.1 Å². The van der Waals surface area contributed by atoms with E-state index in [-0.39, 0.29) is 5.56 Å². The predicted octanol–water partition coefficient (Wildman–Crippen LogP) is 1.82. The minimum atomic E-state index is -0.651. The molecule has 3 aliphatic heterocycles. The van der Waals surface area contributed by atoms with Crippen molar-refractivity contribution in [2.45, 2.75) is 6.42 Å². The number of morpholine rings is 1. The van der Waals surface area contributed by atoms with Gasteiger partial charge in [-0.15, -0.1) is 0 Å². The lowest BCUT2D eigenvalue weighted by Crippen LogP contribution is -2.47. The molecule has 184 valence electrons. The molecular weight excluding hydrogens is 455 g/mol. The van der Waals surface area contributed by atoms with E-state index in [0.29, 0.717) is 48.7 Å². The first-order valence-corrected chi connectivity index (χ1v) is 11.6. The van der Waals surface area contributed by atoms with Gasteiger partial charge in [-0.25, -0.2) is 9.98 Å². The highest BCUT2D eigenvalue weighted by Crippen LogP contribution is 2.43. The van der Waals surface area contributed by atoms with Gasteiger partial charge in [-0.3, -0.25) is 24.9 Å². The van der Waals surface area contributed by atoms with Crippen LogP contribution in [0.4, 0.5) is 10.1 Å². The van der Waals surface area contributed by atoms with E-state index in [1.807, 2.05) is 17.0 Å². The van der Waals surface area contributed by atoms with Crippen LogP contribution in [0.2, 0.25) is 0 Å². The molecule has 3 aliphatic rings. The van der Waals surface area contributed by atoms with E-state index in [4.69, 9.17) is 19.2 Å². The van der Waals surface area contributed by atoms with E-state index in [0.717, 1.165) is 50.9 Å². The number of pyridine rings is 1. The van der Waals surface area contributed by atoms with E-state index >= 15 is 0 Å². The zero-order valence-electron chi connectivity index (χ0n) is 19.5. The van der Waals surface area contributed by atoms with Gasteiger partial charge in [0.2, 0.25) is 11.9 Å². The average molecular weight is 483 g/mol. The summed E-state index contributed by atoms with van der Waals surface area (Å²) in [7, 11) is 1.57. The van der Waals surface area contributed by atoms with Gasteiger partial charge < -0.3 is 14.2 Å². The number of nitrogens with one attached hydrogen (secondary N) is 1. The van der Waals surface area contributed by atoms with E-state index in [9.17, 15) is 9.18 Å². The second-order valence-corrected chi connectivity index (χ2v) is 8.27. The Morgan fingerprint density at radius 1 is 1.20 bits per heavy atom. The fourth-order valence-corrected chi connectivity index (χ4v) is 4.28. The molecule has 11 heteroatoms. The number of hydrogen-bond acceptors (Lipinski definition) is 9. The number of amidine groups is 1. The molecular formula is C24H27FN6O4. The molecule has 0 spiro atoms. The summed E-state index contributed by atoms with van der Waals surface area (Å²) in [5.41, 5.74) is 1.57. The molecule has 35 heavy (non-hydrogen) atoms. The van der Waals surface area contributed by atoms with Gasteiger partial charge in [-0.2, -0.15) is 4.39 Å². The molecule has 1 saturated heterocycles. The van der Waals surface area contributed by atoms with Gasteiger partial charge >= 0.3 is 0 Å². The van der Waals surface area contributed by atoms with Crippen LogP contribution in [-0.2, 0) is 4.74 Å². The van der Waals surface area contributed by atoms with Crippen molar-refractivity contribution in [2.75, 3.05) is 59.7 Å². The fourth-order valence-electron chi connectivity index (χ4n) is 4.28. The number of methoxy groups -OCH3 is 1. The highest BCUT2D eigenvalue weighted by Gasteiger charge is 2.33. The second-order valence-electron chi connectivity index (χ2n) is 8.27. The van der Waals surface area contributed by atoms with Crippen LogP contribution in [-0.4, -0.2) is 92.1 Å². The molecule has 1 aromatic heterocycles. The summed E-state index contributed by atoms with van der Waals surface area (Å²) in [6.07, 6.45) is 2.06. The van der Waals surface area contributed by atoms with Crippen LogP contribution in [0.5, 0.6) is 11.5 Å². The number of aliphatic imine (C=N–C) groups is 2. The number of hydrogen-bond donors (Lipinski definition) is 1. The molecule has 0 radical (unpaired) electrons. The minimum Gasteiger partial charge on any atom is -0.491 e. The average Bonchev–Trinajstić information content (AvgIpc) is 3.38. The Morgan fingerprint density at radius 2 is 2.06 bits per heavy atom. The number of benzene rings is 1. The number of aromatic nitrogens is 1. The predicted molar refractivity (Wildman–Crippen MR) is 127 cm³/mol. The Hall–Kier alpha value is -3.57. The van der Waals surface area contributed by atoms with E-state index in [2.05, 4.69) is 20.2 Å². The summed E-state index contributed by atoms with van der Waals surface area (Å²) in [6.45, 7) is 6.06. The van der Waals surface area contributed by atoms with Crippen molar-refractivity contribution in [3.63, 3.8) is 0 Å². The Morgan fingerprint density at radius 3 is 2.83 bits per heavy atom. The Bertz CT molecular complexity index is 1150. The van der Waals surface area contributed by atoms with Gasteiger partial charge in [0.25, 0.3) is 5.91 Å². The van der Waals surface area contributed by atoms with Crippen molar-refractivity contribution in [1.29, 1.82) is 0 Å². The van der Waals surface area contributed by atoms with Crippen LogP contribution in [0.25, 0.3) is 0 Å². The van der Waals surface area contributed by atoms with Crippen LogP contribution in [0, 0.1) is 5.95 Å². The first-order chi connectivity index (χ1) is 17.1. The van der Waals surface area contributed by atoms with Crippen molar-refractivity contribution >= 4 is 23.4 Å². The first kappa shape index (κ1) is 23.2. The molecule has 1 N–H and O–H groups in total. The molecule has 10 nitrogen and oxygen atoms in total. The van der Waals surface area contributed by atoms with Gasteiger partial charge in [0.05, 0.1) is 39.0 Å². The SMILES string of the molecule is COc1c(OCCCN2CCOCC2)ccc2c1N=C(NC(=O)c1ccc(F)nc1)N1CCN=C21. The summed E-state index contributed by atoms with van der Waals surface area (Å²) in [4.78, 5) is 29.8. The van der Waals surface area contributed by atoms with Gasteiger partial charge in [-0.05, 0) is 30.7 Å². The molecule has 4 heterocycles. The quantitative estimate of drug-likeness (QED) is 0.475. The van der Waals surface area contributed by atoms with Crippen LogP contribution in [0.1, 0.15) is 22.3 Å². The topological polar surface area (TPSA) is 101 Å². The second kappa shape index (κ2) is 10.4. The third-order valence-corrected chi connectivity index (χ3v) is 6.05. The van der Waals surface area contributed by atoms with Crippen molar-refractivity contribution in [2.24, 2.45) is 9.98 Å². The third kappa shape index (κ3) is 4.96. The van der Waals surface area contributed by atoms with Gasteiger partial charge in [-0.1, -0.05) is 0 Å². The maximum absolute atomic E-state index is 13.2. The molecule has 0 bridgehead atoms. The summed E-state index contributed by atoms with van der Waals surface area (Å²) in [6, 6.07) is 6.30. The number of nitrogens with zero attached hydrogens (tertiary/aromatic N) is 5. The summed E-state index contributed by atoms with van der Waals surface area (Å²) in [5, 5.41) is 2.81. The maximum atomic E-state index is 13.2. The number of carbonyl (C=O) groups is 1. The number of fused-ring (bicyclic) bond motifs is 3. The van der Waals surface area contributed by atoms with Crippen LogP contribution < -0.4 is 14.8 Å². The molecule has 2 aromatic rings. The number of carbonyl (C=O) groups excluding carboxylic acids is 1. The third-order valence-electron chi connectivity index (χ3n) is 6.05. The van der Waals surface area contributed by atoms with Crippen molar-refractivity contribution < 1.29 is 23.4 Å². The Kier molecular flexibility index (Phi) is 6.87. The standard InChI is InChI=1S/C24H27FN6O4/c1-33-21-18(35-12-2-8-30-10-13-34-14-11-30)5-4-17-20(21)28-24(31-9-7-26-22(17)31)29-23(32)16-3-6-19(25)27-15-16/h3-6,15H,2,7-14H2,1H3,(H,28,29,32). The Balaban J connectivity index is 1.35. The lowest BCUT2D eigenvalue weighted by atomic mass is 10.1. The summed E-state index contributed by atoms with van der Waals surface area (Å²) in [5.74, 6) is 1.00. The Labute approximate surface area is 202 Å². The highest BCUT2D eigenvalue weighted by molar-refractivity contribution is 6.20. The summed E-state index contributed by atoms with van der Waals surface area (Å²) < 4.78 is 30.3. The molecule has 5 rings (SSSR count). The minimum absolute atomic E-state index is 0.224. The fraction of sp³-hybridized carbons (Fsp3) is 0.417. The molecule has 1 amide bonds. The van der Waals surface area contributed by atoms with Crippen LogP contribution in [0.3, 0.4) is 0 Å². The van der Waals surface area contributed by atoms with Crippen LogP contribution >= 0.6 is 0 Å². The molecule has 0 aliphatic carbocycles. The number of guanidine groups is 1. The van der Waals surface area contributed by atoms with Crippen molar-refractivity contribution in [3.8, 4) is 11.5 Å². The lowest BCUT2D eigenvalue weighted by Gasteiger charge is -2.29. The van der Waals surface area contributed by atoms with E-state index in [1.54, 1.807) is 7.11 Å². The zero-order valence-corrected chi connectivity index (χ0v) is 19.5. The van der Waals surface area contributed by atoms with E-state index in [1.165, 1.54) is 12.3 Å². The van der Waals surface area contributed by atoms with E-state index < -0.39 is 11.9 Å². The van der Waals surface area contributed by atoms with Gasteiger partial charge in [0.1, 0.15) is 11.5 Å². The van der Waals surface area contributed by atoms with Gasteiger partial charge in [0, 0.05) is 37.9 Å². The largest absolute Gasteiger partial charge is 0.491 e. The summed E-state index contributed by atoms with van der Waals surface area (Å²) >= 11 is 0. The number of rotatable bonds is 7. The number of halogens is 1. The molecule has 0 saturated carbocycles. The monoisotopic (exact) mass is 482 g/mol. The number of ether oxygens (including phenoxy) is 3. The zero-order chi connectivity index (χ0) is 24.2. The maximum Gasteiger partial charge on any atom is 0.259 e. The molecule has 1 fully saturated rings. The lowest BCUT2D eigenvalue weighted by molar-refractivity contribution is 0.0357. The molecule has 0 atom stereocenters. The first-order valence-electron chi connectivity index (χ1n) is 11.6. The van der Waals surface area contributed by atoms with Gasteiger partial charge in [0.15, 0.2) is 11.5 Å². The van der Waals surface area contributed by atoms with Crippen molar-refractivity contribution in [3.05, 3.63) is 47.5 Å². The molecule has 0 unspecified atom stereocenters. The number of amides is 1. The molecule has 1 aromatic carbocycles. The van der Waals surface area contributed by atoms with Crippen LogP contribution in [0.15, 0.2) is 40.4 Å². The normalized spacial score (nSPS) is 17.3. The highest BCUT2D eigenvalue weighted by atomic mass is 19.1. The smallest absolute Gasteiger partial charge is 0.259 e.